The molecule has 0 aliphatic heterocycles. The molecule has 0 saturated carbocycles. The van der Waals surface area contributed by atoms with Crippen LogP contribution in [0.2, 0.25) is 0 Å². The molecule has 0 fully saturated rings. The van der Waals surface area contributed by atoms with Gasteiger partial charge in [0.25, 0.3) is 0 Å². The number of halogens is 1. The summed E-state index contributed by atoms with van der Waals surface area (Å²) < 4.78 is 5.55. The van der Waals surface area contributed by atoms with E-state index in [0.29, 0.717) is 12.0 Å². The van der Waals surface area contributed by atoms with Crippen LogP contribution in [0, 0.1) is 0 Å². The molecule has 0 heterocycles. The molecule has 0 saturated heterocycles. The van der Waals surface area contributed by atoms with E-state index in [1.165, 1.54) is 0 Å². The second-order valence-corrected chi connectivity index (χ2v) is 5.49. The third-order valence-electron chi connectivity index (χ3n) is 3.35. The highest BCUT2D eigenvalue weighted by atomic mass is 35.5. The summed E-state index contributed by atoms with van der Waals surface area (Å²) >= 11 is 0. The van der Waals surface area contributed by atoms with Crippen molar-refractivity contribution in [3.05, 3.63) is 29.8 Å². The van der Waals surface area contributed by atoms with E-state index in [0.717, 1.165) is 5.56 Å². The van der Waals surface area contributed by atoms with Crippen molar-refractivity contribution in [3.8, 4) is 0 Å². The van der Waals surface area contributed by atoms with Crippen molar-refractivity contribution in [3.63, 3.8) is 0 Å². The van der Waals surface area contributed by atoms with Crippen molar-refractivity contribution in [1.29, 1.82) is 0 Å². The normalized spacial score (nSPS) is 11.9. The summed E-state index contributed by atoms with van der Waals surface area (Å²) in [6.45, 7) is 7.19. The lowest BCUT2D eigenvalue weighted by Gasteiger charge is -2.38. The maximum absolute atomic E-state index is 10.1. The molecule has 0 bridgehead atoms. The van der Waals surface area contributed by atoms with Crippen LogP contribution in [0.15, 0.2) is 24.3 Å². The fraction of sp³-hybridized carbons (Fsp3) is 0.538. The molecule has 1 aromatic carbocycles. The van der Waals surface area contributed by atoms with Crippen molar-refractivity contribution in [2.45, 2.75) is 45.4 Å². The van der Waals surface area contributed by atoms with E-state index in [-0.39, 0.29) is 12.4 Å². The molecule has 6 heteroatoms. The first kappa shape index (κ1) is 18.4. The molecule has 0 radical (unpaired) electrons. The lowest BCUT2D eigenvalue weighted by Crippen LogP contribution is -2.53. The van der Waals surface area contributed by atoms with Gasteiger partial charge in [0.15, 0.2) is 0 Å². The van der Waals surface area contributed by atoms with Gasteiger partial charge in [-0.2, -0.15) is 0 Å². The minimum absolute atomic E-state index is 0. The van der Waals surface area contributed by atoms with Crippen molar-refractivity contribution in [2.24, 2.45) is 5.73 Å². The summed E-state index contributed by atoms with van der Waals surface area (Å²) in [5, 5.41) is 20.1. The molecule has 0 amide bonds. The molecule has 0 spiro atoms. The molecule has 0 aliphatic carbocycles. The van der Waals surface area contributed by atoms with Crippen LogP contribution in [0.1, 0.15) is 33.3 Å². The van der Waals surface area contributed by atoms with Crippen LogP contribution in [0.4, 0.5) is 0 Å². The Morgan fingerprint density at radius 2 is 1.84 bits per heavy atom. The second-order valence-electron chi connectivity index (χ2n) is 5.49. The highest BCUT2D eigenvalue weighted by molar-refractivity contribution is 6.60. The number of rotatable bonds is 5. The molecule has 0 aromatic heterocycles. The Labute approximate surface area is 121 Å². The molecule has 19 heavy (non-hydrogen) atoms. The van der Waals surface area contributed by atoms with Gasteiger partial charge in [-0.1, -0.05) is 24.3 Å². The van der Waals surface area contributed by atoms with Crippen LogP contribution in [-0.4, -0.2) is 28.5 Å². The fourth-order valence-electron chi connectivity index (χ4n) is 1.37. The van der Waals surface area contributed by atoms with Crippen LogP contribution >= 0.6 is 12.4 Å². The van der Waals surface area contributed by atoms with Crippen molar-refractivity contribution in [2.75, 3.05) is 0 Å². The molecule has 0 unspecified atom stereocenters. The topological polar surface area (TPSA) is 75.7 Å². The standard InChI is InChI=1S/C13H22BNO3.ClH/c1-12(2,16)13(3,4)18-14(17)11-7-5-6-10(8-11)9-15;/h5-8,16-17H,9,15H2,1-4H3;1H. The number of benzene rings is 1. The Hall–Kier alpha value is -0.585. The Kier molecular flexibility index (Phi) is 6.52. The zero-order chi connectivity index (χ0) is 14.0. The first-order valence-corrected chi connectivity index (χ1v) is 6.04. The smallest absolute Gasteiger partial charge is 0.423 e. The quantitative estimate of drug-likeness (QED) is 0.701. The lowest BCUT2D eigenvalue weighted by molar-refractivity contribution is -0.0982. The maximum Gasteiger partial charge on any atom is 0.491 e. The van der Waals surface area contributed by atoms with E-state index in [2.05, 4.69) is 0 Å². The molecule has 1 aromatic rings. The second kappa shape index (κ2) is 6.73. The summed E-state index contributed by atoms with van der Waals surface area (Å²) in [6, 6.07) is 7.27. The van der Waals surface area contributed by atoms with Gasteiger partial charge in [-0.05, 0) is 38.7 Å². The Balaban J connectivity index is 0.00000324. The van der Waals surface area contributed by atoms with Crippen LogP contribution in [0.25, 0.3) is 0 Å². The third kappa shape index (κ3) is 4.78. The van der Waals surface area contributed by atoms with Gasteiger partial charge in [0, 0.05) is 6.54 Å². The minimum atomic E-state index is -1.09. The van der Waals surface area contributed by atoms with Crippen LogP contribution in [0.3, 0.4) is 0 Å². The first-order valence-electron chi connectivity index (χ1n) is 6.04. The van der Waals surface area contributed by atoms with E-state index in [9.17, 15) is 10.1 Å². The molecule has 1 rings (SSSR count). The first-order chi connectivity index (χ1) is 8.17. The monoisotopic (exact) mass is 287 g/mol. The number of hydrogen-bond acceptors (Lipinski definition) is 4. The predicted octanol–water partition coefficient (Wildman–Crippen LogP) is 0.821. The van der Waals surface area contributed by atoms with Crippen LogP contribution < -0.4 is 11.2 Å². The zero-order valence-electron chi connectivity index (χ0n) is 11.9. The van der Waals surface area contributed by atoms with Crippen molar-refractivity contribution >= 4 is 25.0 Å². The van der Waals surface area contributed by atoms with Crippen molar-refractivity contribution < 1.29 is 14.8 Å². The van der Waals surface area contributed by atoms with Gasteiger partial charge in [-0.15, -0.1) is 12.4 Å². The average Bonchev–Trinajstić information content (AvgIpc) is 2.27. The highest BCUT2D eigenvalue weighted by Gasteiger charge is 2.39. The number of hydrogen-bond donors (Lipinski definition) is 3. The Morgan fingerprint density at radius 3 is 2.32 bits per heavy atom. The van der Waals surface area contributed by atoms with E-state index in [1.54, 1.807) is 39.8 Å². The highest BCUT2D eigenvalue weighted by Crippen LogP contribution is 2.25. The molecule has 0 aliphatic rings. The van der Waals surface area contributed by atoms with Gasteiger partial charge in [-0.3, -0.25) is 0 Å². The van der Waals surface area contributed by atoms with E-state index < -0.39 is 18.3 Å². The third-order valence-corrected chi connectivity index (χ3v) is 3.35. The molecule has 0 atom stereocenters. The summed E-state index contributed by atoms with van der Waals surface area (Å²) in [7, 11) is -1.09. The zero-order valence-corrected chi connectivity index (χ0v) is 12.7. The molecule has 4 nitrogen and oxygen atoms in total. The van der Waals surface area contributed by atoms with Gasteiger partial charge in [0.2, 0.25) is 0 Å². The van der Waals surface area contributed by atoms with Crippen LogP contribution in [0.5, 0.6) is 0 Å². The average molecular weight is 288 g/mol. The van der Waals surface area contributed by atoms with Gasteiger partial charge in [0.1, 0.15) is 0 Å². The summed E-state index contributed by atoms with van der Waals surface area (Å²) in [5.74, 6) is 0. The summed E-state index contributed by atoms with van der Waals surface area (Å²) in [4.78, 5) is 0. The van der Waals surface area contributed by atoms with Gasteiger partial charge in [-0.25, -0.2) is 0 Å². The molecule has 108 valence electrons. The van der Waals surface area contributed by atoms with Gasteiger partial charge < -0.3 is 20.5 Å². The molecule has 4 N–H and O–H groups in total. The molecular formula is C13H23BClNO3. The Morgan fingerprint density at radius 1 is 1.26 bits per heavy atom. The largest absolute Gasteiger partial charge is 0.491 e. The SMILES string of the molecule is CC(C)(O)C(C)(C)OB(O)c1cccc(CN)c1.Cl. The minimum Gasteiger partial charge on any atom is -0.423 e. The predicted molar refractivity (Wildman–Crippen MR) is 80.7 cm³/mol. The summed E-state index contributed by atoms with van der Waals surface area (Å²) in [6.07, 6.45) is 0. The van der Waals surface area contributed by atoms with Gasteiger partial charge in [0.05, 0.1) is 11.2 Å². The van der Waals surface area contributed by atoms with E-state index in [4.69, 9.17) is 10.4 Å². The van der Waals surface area contributed by atoms with Crippen molar-refractivity contribution in [1.82, 2.24) is 0 Å². The molecular weight excluding hydrogens is 264 g/mol. The number of nitrogens with two attached hydrogens (primary N) is 1. The van der Waals surface area contributed by atoms with E-state index in [1.807, 2.05) is 12.1 Å². The van der Waals surface area contributed by atoms with Crippen LogP contribution in [-0.2, 0) is 11.2 Å². The maximum atomic E-state index is 10.1. The van der Waals surface area contributed by atoms with Gasteiger partial charge >= 0.3 is 7.12 Å². The lowest BCUT2D eigenvalue weighted by atomic mass is 9.76. The summed E-state index contributed by atoms with van der Waals surface area (Å²) in [5.41, 5.74) is 5.19. The number of aliphatic hydroxyl groups is 1. The van der Waals surface area contributed by atoms with E-state index >= 15 is 0 Å². The Bertz CT molecular complexity index is 407. The fourth-order valence-corrected chi connectivity index (χ4v) is 1.37.